The molecular weight excluding hydrogens is 368 g/mol. The standard InChI is InChI=1S/C22H34N4O3/c27-20-7-3-6-19-18-12-16(14-26(19)20)13-25(15-18)22(29)24-10-8-23(9-11-24)21(28)17-4-1-2-5-17/h16-19H,1-15H2/t16-,18-,19-/m1/s1. The Morgan fingerprint density at radius 2 is 1.52 bits per heavy atom. The highest BCUT2D eigenvalue weighted by molar-refractivity contribution is 5.80. The van der Waals surface area contributed by atoms with Crippen LogP contribution in [0.1, 0.15) is 51.4 Å². The lowest BCUT2D eigenvalue weighted by Gasteiger charge is -2.53. The van der Waals surface area contributed by atoms with Crippen molar-refractivity contribution in [1.82, 2.24) is 19.6 Å². The van der Waals surface area contributed by atoms with Crippen molar-refractivity contribution < 1.29 is 14.4 Å². The van der Waals surface area contributed by atoms with E-state index in [9.17, 15) is 14.4 Å². The number of carbonyl (C=O) groups is 3. The number of carbonyl (C=O) groups excluding carboxylic acids is 3. The molecule has 0 N–H and O–H groups in total. The minimum absolute atomic E-state index is 0.142. The first kappa shape index (κ1) is 19.2. The Hall–Kier alpha value is -1.79. The Balaban J connectivity index is 1.17. The van der Waals surface area contributed by atoms with Gasteiger partial charge < -0.3 is 19.6 Å². The third-order valence-corrected chi connectivity index (χ3v) is 8.02. The van der Waals surface area contributed by atoms with Gasteiger partial charge in [0.05, 0.1) is 0 Å². The van der Waals surface area contributed by atoms with Crippen molar-refractivity contribution in [3.63, 3.8) is 0 Å². The van der Waals surface area contributed by atoms with Crippen LogP contribution in [0.3, 0.4) is 0 Å². The van der Waals surface area contributed by atoms with E-state index in [2.05, 4.69) is 4.90 Å². The van der Waals surface area contributed by atoms with E-state index >= 15 is 0 Å². The normalized spacial score (nSPS) is 33.1. The van der Waals surface area contributed by atoms with Crippen molar-refractivity contribution in [1.29, 1.82) is 0 Å². The van der Waals surface area contributed by atoms with Crippen molar-refractivity contribution in [2.45, 2.75) is 57.4 Å². The average Bonchev–Trinajstić information content (AvgIpc) is 3.28. The number of amides is 4. The van der Waals surface area contributed by atoms with E-state index in [0.717, 1.165) is 51.7 Å². The predicted molar refractivity (Wildman–Crippen MR) is 108 cm³/mol. The van der Waals surface area contributed by atoms with E-state index in [0.29, 0.717) is 62.3 Å². The van der Waals surface area contributed by atoms with Crippen LogP contribution in [-0.2, 0) is 9.59 Å². The summed E-state index contributed by atoms with van der Waals surface area (Å²) in [6.07, 6.45) is 8.36. The molecule has 4 amide bonds. The van der Waals surface area contributed by atoms with Crippen molar-refractivity contribution in [2.24, 2.45) is 17.8 Å². The fraction of sp³-hybridized carbons (Fsp3) is 0.864. The molecule has 1 saturated carbocycles. The number of piperazine rings is 1. The molecular formula is C22H34N4O3. The number of rotatable bonds is 1. The van der Waals surface area contributed by atoms with E-state index in [1.807, 2.05) is 14.7 Å². The van der Waals surface area contributed by atoms with E-state index < -0.39 is 0 Å². The molecule has 5 aliphatic rings. The van der Waals surface area contributed by atoms with Gasteiger partial charge in [0.2, 0.25) is 11.8 Å². The molecule has 7 heteroatoms. The Bertz CT molecular complexity index is 669. The smallest absolute Gasteiger partial charge is 0.320 e. The van der Waals surface area contributed by atoms with E-state index in [-0.39, 0.29) is 11.9 Å². The molecule has 5 fully saturated rings. The molecule has 4 aliphatic heterocycles. The highest BCUT2D eigenvalue weighted by Crippen LogP contribution is 2.38. The maximum atomic E-state index is 13.2. The summed E-state index contributed by atoms with van der Waals surface area (Å²) in [6, 6.07) is 0.479. The maximum Gasteiger partial charge on any atom is 0.320 e. The first-order chi connectivity index (χ1) is 14.1. The number of urea groups is 1. The largest absolute Gasteiger partial charge is 0.339 e. The maximum absolute atomic E-state index is 13.2. The van der Waals surface area contributed by atoms with Crippen LogP contribution in [0.2, 0.25) is 0 Å². The fourth-order valence-corrected chi connectivity index (χ4v) is 6.52. The summed E-state index contributed by atoms with van der Waals surface area (Å²) in [6.45, 7) is 5.03. The molecule has 5 rings (SSSR count). The number of hydrogen-bond acceptors (Lipinski definition) is 3. The molecule has 2 bridgehead atoms. The minimum Gasteiger partial charge on any atom is -0.339 e. The molecule has 0 unspecified atom stereocenters. The SMILES string of the molecule is O=C(C1CCCC1)N1CCN(C(=O)N2C[C@H]3C[C@H](C2)[C@H]2CCCC(=O)N2C3)CC1. The summed E-state index contributed by atoms with van der Waals surface area (Å²) in [5.41, 5.74) is 0. The van der Waals surface area contributed by atoms with Gasteiger partial charge in [-0.25, -0.2) is 4.79 Å². The van der Waals surface area contributed by atoms with Crippen LogP contribution in [0.25, 0.3) is 0 Å². The van der Waals surface area contributed by atoms with Gasteiger partial charge >= 0.3 is 6.03 Å². The molecule has 0 aromatic carbocycles. The first-order valence-electron chi connectivity index (χ1n) is 11.7. The summed E-state index contributed by atoms with van der Waals surface area (Å²) in [5, 5.41) is 0. The molecule has 29 heavy (non-hydrogen) atoms. The van der Waals surface area contributed by atoms with Crippen molar-refractivity contribution >= 4 is 17.8 Å². The molecule has 4 heterocycles. The van der Waals surface area contributed by atoms with E-state index in [1.54, 1.807) is 0 Å². The molecule has 1 aliphatic carbocycles. The number of nitrogens with zero attached hydrogens (tertiary/aromatic N) is 4. The van der Waals surface area contributed by atoms with Crippen molar-refractivity contribution in [2.75, 3.05) is 45.8 Å². The molecule has 160 valence electrons. The van der Waals surface area contributed by atoms with Gasteiger partial charge in [-0.3, -0.25) is 9.59 Å². The van der Waals surface area contributed by atoms with Gasteiger partial charge in [0.15, 0.2) is 0 Å². The minimum atomic E-state index is 0.142. The first-order valence-corrected chi connectivity index (χ1v) is 11.7. The van der Waals surface area contributed by atoms with Crippen LogP contribution in [0.4, 0.5) is 4.79 Å². The number of likely N-dealkylation sites (tertiary alicyclic amines) is 1. The number of piperidine rings is 3. The summed E-state index contributed by atoms with van der Waals surface area (Å²) in [7, 11) is 0. The second-order valence-corrected chi connectivity index (χ2v) is 9.85. The van der Waals surface area contributed by atoms with Gasteiger partial charge in [0.1, 0.15) is 0 Å². The Morgan fingerprint density at radius 1 is 0.793 bits per heavy atom. The lowest BCUT2D eigenvalue weighted by atomic mass is 9.76. The van der Waals surface area contributed by atoms with Gasteiger partial charge in [0.25, 0.3) is 0 Å². The summed E-state index contributed by atoms with van der Waals surface area (Å²) < 4.78 is 0. The van der Waals surface area contributed by atoms with Gasteiger partial charge in [-0.05, 0) is 43.9 Å². The van der Waals surface area contributed by atoms with Gasteiger partial charge in [-0.15, -0.1) is 0 Å². The highest BCUT2D eigenvalue weighted by Gasteiger charge is 2.45. The van der Waals surface area contributed by atoms with E-state index in [4.69, 9.17) is 0 Å². The average molecular weight is 403 g/mol. The van der Waals surface area contributed by atoms with E-state index in [1.165, 1.54) is 12.8 Å². The van der Waals surface area contributed by atoms with Gasteiger partial charge in [-0.1, -0.05) is 12.8 Å². The zero-order valence-corrected chi connectivity index (χ0v) is 17.4. The van der Waals surface area contributed by atoms with Crippen molar-refractivity contribution in [3.05, 3.63) is 0 Å². The molecule has 0 spiro atoms. The Labute approximate surface area is 173 Å². The second kappa shape index (κ2) is 7.80. The van der Waals surface area contributed by atoms with Crippen LogP contribution in [-0.4, -0.2) is 89.3 Å². The highest BCUT2D eigenvalue weighted by atomic mass is 16.2. The lowest BCUT2D eigenvalue weighted by Crippen LogP contribution is -2.63. The number of hydrogen-bond donors (Lipinski definition) is 0. The lowest BCUT2D eigenvalue weighted by molar-refractivity contribution is -0.144. The molecule has 0 aromatic rings. The van der Waals surface area contributed by atoms with Crippen LogP contribution < -0.4 is 0 Å². The summed E-state index contributed by atoms with van der Waals surface area (Å²) >= 11 is 0. The van der Waals surface area contributed by atoms with Crippen LogP contribution >= 0.6 is 0 Å². The Kier molecular flexibility index (Phi) is 5.16. The third kappa shape index (κ3) is 3.61. The zero-order valence-electron chi connectivity index (χ0n) is 17.4. The summed E-state index contributed by atoms with van der Waals surface area (Å²) in [4.78, 5) is 46.3. The van der Waals surface area contributed by atoms with Crippen LogP contribution in [0, 0.1) is 17.8 Å². The van der Waals surface area contributed by atoms with Gasteiger partial charge in [-0.2, -0.15) is 0 Å². The molecule has 3 atom stereocenters. The Morgan fingerprint density at radius 3 is 2.28 bits per heavy atom. The zero-order chi connectivity index (χ0) is 20.0. The second-order valence-electron chi connectivity index (χ2n) is 9.85. The molecule has 7 nitrogen and oxygen atoms in total. The summed E-state index contributed by atoms with van der Waals surface area (Å²) in [5.74, 6) is 1.70. The fourth-order valence-electron chi connectivity index (χ4n) is 6.52. The third-order valence-electron chi connectivity index (χ3n) is 8.02. The topological polar surface area (TPSA) is 64.2 Å². The van der Waals surface area contributed by atoms with Gasteiger partial charge in [0, 0.05) is 64.2 Å². The molecule has 0 radical (unpaired) electrons. The van der Waals surface area contributed by atoms with Crippen LogP contribution in [0.5, 0.6) is 0 Å². The quantitative estimate of drug-likeness (QED) is 0.672. The number of fused-ring (bicyclic) bond motifs is 4. The predicted octanol–water partition coefficient (Wildman–Crippen LogP) is 1.77. The monoisotopic (exact) mass is 402 g/mol. The molecule has 4 saturated heterocycles. The van der Waals surface area contributed by atoms with Crippen LogP contribution in [0.15, 0.2) is 0 Å². The molecule has 0 aromatic heterocycles. The van der Waals surface area contributed by atoms with Crippen molar-refractivity contribution in [3.8, 4) is 0 Å².